The molecule has 0 radical (unpaired) electrons. The van der Waals surface area contributed by atoms with Gasteiger partial charge in [-0.1, -0.05) is 24.3 Å². The first-order chi connectivity index (χ1) is 8.33. The molecule has 3 heteroatoms. The summed E-state index contributed by atoms with van der Waals surface area (Å²) in [5.74, 6) is 0. The summed E-state index contributed by atoms with van der Waals surface area (Å²) < 4.78 is 5.26. The summed E-state index contributed by atoms with van der Waals surface area (Å²) in [5, 5.41) is 12.2. The van der Waals surface area contributed by atoms with Crippen molar-refractivity contribution in [2.75, 3.05) is 13.2 Å². The number of hydrogen-bond donors (Lipinski definition) is 1. The van der Waals surface area contributed by atoms with Crippen LogP contribution in [0.3, 0.4) is 0 Å². The minimum absolute atomic E-state index is 0.514. The maximum Gasteiger partial charge on any atom is 0.0832 e. The molecule has 2 rings (SSSR count). The van der Waals surface area contributed by atoms with E-state index in [1.807, 2.05) is 37.4 Å². The molecule has 0 aliphatic carbocycles. The smallest absolute Gasteiger partial charge is 0.0832 e. The van der Waals surface area contributed by atoms with Gasteiger partial charge in [0.1, 0.15) is 0 Å². The predicted octanol–water partition coefficient (Wildman–Crippen LogP) is 2.69. The SMILES string of the molecule is CCOCCC(O)c1cncc2ccccc12. The van der Waals surface area contributed by atoms with Gasteiger partial charge in [-0.3, -0.25) is 4.98 Å². The molecule has 1 aromatic carbocycles. The maximum atomic E-state index is 10.1. The average Bonchev–Trinajstić information content (AvgIpc) is 2.38. The fourth-order valence-electron chi connectivity index (χ4n) is 1.90. The summed E-state index contributed by atoms with van der Waals surface area (Å²) in [4.78, 5) is 4.16. The van der Waals surface area contributed by atoms with Crippen LogP contribution < -0.4 is 0 Å². The van der Waals surface area contributed by atoms with Gasteiger partial charge >= 0.3 is 0 Å². The molecule has 0 aliphatic rings. The van der Waals surface area contributed by atoms with Gasteiger partial charge in [0.15, 0.2) is 0 Å². The van der Waals surface area contributed by atoms with E-state index in [2.05, 4.69) is 4.98 Å². The van der Waals surface area contributed by atoms with Gasteiger partial charge in [0.25, 0.3) is 0 Å². The van der Waals surface area contributed by atoms with E-state index in [1.54, 1.807) is 6.20 Å². The zero-order valence-corrected chi connectivity index (χ0v) is 9.97. The molecule has 0 spiro atoms. The van der Waals surface area contributed by atoms with E-state index in [-0.39, 0.29) is 0 Å². The van der Waals surface area contributed by atoms with Crippen LogP contribution >= 0.6 is 0 Å². The van der Waals surface area contributed by atoms with Gasteiger partial charge < -0.3 is 9.84 Å². The zero-order chi connectivity index (χ0) is 12.1. The number of ether oxygens (including phenoxy) is 1. The highest BCUT2D eigenvalue weighted by Gasteiger charge is 2.11. The van der Waals surface area contributed by atoms with Crippen molar-refractivity contribution in [2.45, 2.75) is 19.4 Å². The van der Waals surface area contributed by atoms with E-state index in [0.717, 1.165) is 16.3 Å². The molecule has 0 saturated heterocycles. The summed E-state index contributed by atoms with van der Waals surface area (Å²) in [7, 11) is 0. The second kappa shape index (κ2) is 5.75. The standard InChI is InChI=1S/C14H17NO2/c1-2-17-8-7-14(16)13-10-15-9-11-5-3-4-6-12(11)13/h3-6,9-10,14,16H,2,7-8H2,1H3. The van der Waals surface area contributed by atoms with Crippen LogP contribution in [0.25, 0.3) is 10.8 Å². The molecule has 0 saturated carbocycles. The van der Waals surface area contributed by atoms with Crippen LogP contribution in [-0.4, -0.2) is 23.3 Å². The largest absolute Gasteiger partial charge is 0.388 e. The Hall–Kier alpha value is -1.45. The van der Waals surface area contributed by atoms with Crippen LogP contribution in [0.4, 0.5) is 0 Å². The molecule has 0 fully saturated rings. The molecule has 1 unspecified atom stereocenters. The molecule has 1 N–H and O–H groups in total. The van der Waals surface area contributed by atoms with Gasteiger partial charge in [0.05, 0.1) is 6.10 Å². The lowest BCUT2D eigenvalue weighted by Crippen LogP contribution is -2.04. The number of aliphatic hydroxyl groups is 1. The maximum absolute atomic E-state index is 10.1. The van der Waals surface area contributed by atoms with E-state index < -0.39 is 6.10 Å². The Bertz CT molecular complexity index is 479. The van der Waals surface area contributed by atoms with Crippen molar-refractivity contribution in [1.82, 2.24) is 4.98 Å². The molecule has 1 atom stereocenters. The third-order valence-electron chi connectivity index (χ3n) is 2.80. The number of aliphatic hydroxyl groups excluding tert-OH is 1. The van der Waals surface area contributed by atoms with Crippen LogP contribution in [0.2, 0.25) is 0 Å². The quantitative estimate of drug-likeness (QED) is 0.804. The van der Waals surface area contributed by atoms with Crippen LogP contribution in [0, 0.1) is 0 Å². The molecule has 0 bridgehead atoms. The van der Waals surface area contributed by atoms with Gasteiger partial charge in [-0.2, -0.15) is 0 Å². The number of rotatable bonds is 5. The van der Waals surface area contributed by atoms with Crippen molar-refractivity contribution >= 4 is 10.8 Å². The Balaban J connectivity index is 2.22. The third-order valence-corrected chi connectivity index (χ3v) is 2.80. The van der Waals surface area contributed by atoms with Crippen LogP contribution in [-0.2, 0) is 4.74 Å². The molecule has 0 amide bonds. The monoisotopic (exact) mass is 231 g/mol. The van der Waals surface area contributed by atoms with Gasteiger partial charge in [-0.25, -0.2) is 0 Å². The van der Waals surface area contributed by atoms with Crippen molar-refractivity contribution in [3.8, 4) is 0 Å². The number of pyridine rings is 1. The Labute approximate surface area is 101 Å². The fraction of sp³-hybridized carbons (Fsp3) is 0.357. The minimum atomic E-state index is -0.514. The number of hydrogen-bond acceptors (Lipinski definition) is 3. The number of benzene rings is 1. The molecular weight excluding hydrogens is 214 g/mol. The number of fused-ring (bicyclic) bond motifs is 1. The second-order valence-corrected chi connectivity index (χ2v) is 3.95. The van der Waals surface area contributed by atoms with E-state index in [9.17, 15) is 5.11 Å². The summed E-state index contributed by atoms with van der Waals surface area (Å²) in [6.07, 6.45) is 3.64. The summed E-state index contributed by atoms with van der Waals surface area (Å²) in [6.45, 7) is 3.20. The Kier molecular flexibility index (Phi) is 4.07. The molecule has 17 heavy (non-hydrogen) atoms. The summed E-state index contributed by atoms with van der Waals surface area (Å²) in [5.41, 5.74) is 0.878. The second-order valence-electron chi connectivity index (χ2n) is 3.95. The highest BCUT2D eigenvalue weighted by Crippen LogP contribution is 2.24. The molecule has 0 aliphatic heterocycles. The Morgan fingerprint density at radius 3 is 2.94 bits per heavy atom. The topological polar surface area (TPSA) is 42.4 Å². The zero-order valence-electron chi connectivity index (χ0n) is 9.97. The van der Waals surface area contributed by atoms with Crippen molar-refractivity contribution in [2.24, 2.45) is 0 Å². The lowest BCUT2D eigenvalue weighted by molar-refractivity contribution is 0.0891. The third kappa shape index (κ3) is 2.81. The van der Waals surface area contributed by atoms with Crippen molar-refractivity contribution in [3.63, 3.8) is 0 Å². The Morgan fingerprint density at radius 1 is 1.29 bits per heavy atom. The van der Waals surface area contributed by atoms with Gasteiger partial charge in [-0.05, 0) is 12.3 Å². The lowest BCUT2D eigenvalue weighted by atomic mass is 10.0. The Morgan fingerprint density at radius 2 is 2.12 bits per heavy atom. The normalized spacial score (nSPS) is 12.8. The fourth-order valence-corrected chi connectivity index (χ4v) is 1.90. The van der Waals surface area contributed by atoms with E-state index in [1.165, 1.54) is 0 Å². The first-order valence-electron chi connectivity index (χ1n) is 5.91. The molecule has 1 heterocycles. The number of aromatic nitrogens is 1. The molecule has 1 aromatic heterocycles. The highest BCUT2D eigenvalue weighted by atomic mass is 16.5. The van der Waals surface area contributed by atoms with E-state index in [4.69, 9.17) is 4.74 Å². The summed E-state index contributed by atoms with van der Waals surface area (Å²) in [6, 6.07) is 7.96. The lowest BCUT2D eigenvalue weighted by Gasteiger charge is -2.13. The minimum Gasteiger partial charge on any atom is -0.388 e. The van der Waals surface area contributed by atoms with Crippen LogP contribution in [0.15, 0.2) is 36.7 Å². The molecular formula is C14H17NO2. The molecule has 90 valence electrons. The van der Waals surface area contributed by atoms with Gasteiger partial charge in [0, 0.05) is 43.0 Å². The molecule has 2 aromatic rings. The molecule has 3 nitrogen and oxygen atoms in total. The van der Waals surface area contributed by atoms with Crippen LogP contribution in [0.5, 0.6) is 0 Å². The van der Waals surface area contributed by atoms with Gasteiger partial charge in [0.2, 0.25) is 0 Å². The van der Waals surface area contributed by atoms with E-state index >= 15 is 0 Å². The predicted molar refractivity (Wildman–Crippen MR) is 67.8 cm³/mol. The van der Waals surface area contributed by atoms with Gasteiger partial charge in [-0.15, -0.1) is 0 Å². The van der Waals surface area contributed by atoms with Crippen molar-refractivity contribution < 1.29 is 9.84 Å². The number of nitrogens with zero attached hydrogens (tertiary/aromatic N) is 1. The highest BCUT2D eigenvalue weighted by molar-refractivity contribution is 5.84. The van der Waals surface area contributed by atoms with Crippen LogP contribution in [0.1, 0.15) is 25.0 Å². The average molecular weight is 231 g/mol. The first-order valence-corrected chi connectivity index (χ1v) is 5.91. The summed E-state index contributed by atoms with van der Waals surface area (Å²) >= 11 is 0. The first kappa shape index (κ1) is 12.0. The van der Waals surface area contributed by atoms with Crippen molar-refractivity contribution in [3.05, 3.63) is 42.2 Å². The van der Waals surface area contributed by atoms with Crippen molar-refractivity contribution in [1.29, 1.82) is 0 Å². The van der Waals surface area contributed by atoms with E-state index in [0.29, 0.717) is 19.6 Å².